The van der Waals surface area contributed by atoms with Crippen LogP contribution in [0.3, 0.4) is 0 Å². The minimum Gasteiger partial charge on any atom is -0.340 e. The van der Waals surface area contributed by atoms with E-state index in [0.717, 1.165) is 17.7 Å². The van der Waals surface area contributed by atoms with E-state index in [9.17, 15) is 26.0 Å². The highest BCUT2D eigenvalue weighted by Crippen LogP contribution is 2.22. The molecule has 0 radical (unpaired) electrons. The highest BCUT2D eigenvalue weighted by atomic mass is 32.2. The van der Waals surface area contributed by atoms with E-state index in [1.54, 1.807) is 24.0 Å². The maximum absolute atomic E-state index is 13.0. The Hall–Kier alpha value is -2.34. The zero-order valence-corrected chi connectivity index (χ0v) is 20.3. The van der Waals surface area contributed by atoms with Gasteiger partial charge in [-0.3, -0.25) is 4.79 Å². The zero-order chi connectivity index (χ0) is 24.2. The number of carbonyl (C=O) groups is 1. The van der Waals surface area contributed by atoms with Crippen molar-refractivity contribution in [2.75, 3.05) is 32.7 Å². The Bertz CT molecular complexity index is 1210. The largest absolute Gasteiger partial charge is 0.340 e. The lowest BCUT2D eigenvalue weighted by Gasteiger charge is -2.34. The number of amides is 1. The van der Waals surface area contributed by atoms with Crippen LogP contribution in [0.2, 0.25) is 0 Å². The monoisotopic (exact) mass is 497 g/mol. The molecule has 0 saturated carbocycles. The number of nitrogens with zero attached hydrogens (tertiary/aromatic N) is 2. The van der Waals surface area contributed by atoms with Crippen molar-refractivity contribution < 1.29 is 26.0 Å². The van der Waals surface area contributed by atoms with Crippen LogP contribution in [0.5, 0.6) is 0 Å². The topological polar surface area (TPSA) is 104 Å². The first-order chi connectivity index (χ1) is 15.5. The van der Waals surface area contributed by atoms with Gasteiger partial charge >= 0.3 is 0 Å². The van der Waals surface area contributed by atoms with Crippen molar-refractivity contribution in [3.63, 3.8) is 0 Å². The standard InChI is InChI=1S/C22H28FN3O5S2/c1-17-5-6-18(2)21(16-17)33(30,31)26-14-12-25(13-15-26)22(27)4-3-11-24-32(28,29)20-9-7-19(23)8-10-20/h5-10,16,24H,3-4,11-15H2,1-2H3. The van der Waals surface area contributed by atoms with Gasteiger partial charge in [0.1, 0.15) is 5.82 Å². The molecule has 0 aliphatic carbocycles. The third-order valence-corrected chi connectivity index (χ3v) is 9.05. The normalized spacial score (nSPS) is 15.5. The SMILES string of the molecule is Cc1ccc(C)c(S(=O)(=O)N2CCN(C(=O)CCCNS(=O)(=O)c3ccc(F)cc3)CC2)c1. The molecular formula is C22H28FN3O5S2. The molecule has 180 valence electrons. The van der Waals surface area contributed by atoms with Crippen LogP contribution in [-0.2, 0) is 24.8 Å². The number of carbonyl (C=O) groups excluding carboxylic acids is 1. The van der Waals surface area contributed by atoms with E-state index in [4.69, 9.17) is 0 Å². The first-order valence-corrected chi connectivity index (χ1v) is 13.5. The summed E-state index contributed by atoms with van der Waals surface area (Å²) < 4.78 is 67.2. The van der Waals surface area contributed by atoms with Gasteiger partial charge in [0.05, 0.1) is 9.79 Å². The predicted octanol–water partition coefficient (Wildman–Crippen LogP) is 2.03. The molecule has 1 heterocycles. The summed E-state index contributed by atoms with van der Waals surface area (Å²) in [4.78, 5) is 14.3. The average molecular weight is 498 g/mol. The van der Waals surface area contributed by atoms with E-state index in [1.165, 1.54) is 16.4 Å². The van der Waals surface area contributed by atoms with Gasteiger partial charge < -0.3 is 4.90 Å². The second kappa shape index (κ2) is 10.3. The fraction of sp³-hybridized carbons (Fsp3) is 0.409. The van der Waals surface area contributed by atoms with E-state index in [2.05, 4.69) is 4.72 Å². The third-order valence-electron chi connectivity index (χ3n) is 5.54. The average Bonchev–Trinajstić information content (AvgIpc) is 2.78. The zero-order valence-electron chi connectivity index (χ0n) is 18.6. The molecule has 3 rings (SSSR count). The van der Waals surface area contributed by atoms with Crippen molar-refractivity contribution in [3.8, 4) is 0 Å². The summed E-state index contributed by atoms with van der Waals surface area (Å²) in [5, 5.41) is 0. The van der Waals surface area contributed by atoms with Crippen LogP contribution in [0, 0.1) is 19.7 Å². The van der Waals surface area contributed by atoms with Crippen LogP contribution in [-0.4, -0.2) is 64.7 Å². The minimum atomic E-state index is -3.77. The summed E-state index contributed by atoms with van der Waals surface area (Å²) in [6, 6.07) is 9.80. The van der Waals surface area contributed by atoms with E-state index in [1.807, 2.05) is 13.0 Å². The fourth-order valence-corrected chi connectivity index (χ4v) is 6.41. The van der Waals surface area contributed by atoms with E-state index >= 15 is 0 Å². The predicted molar refractivity (Wildman–Crippen MR) is 122 cm³/mol. The van der Waals surface area contributed by atoms with Gasteiger partial charge in [0.25, 0.3) is 0 Å². The number of nitrogens with one attached hydrogen (secondary N) is 1. The number of aryl methyl sites for hydroxylation is 2. The van der Waals surface area contributed by atoms with Crippen molar-refractivity contribution in [1.29, 1.82) is 0 Å². The van der Waals surface area contributed by atoms with Crippen LogP contribution in [0.25, 0.3) is 0 Å². The highest BCUT2D eigenvalue weighted by molar-refractivity contribution is 7.89. The molecule has 0 spiro atoms. The third kappa shape index (κ3) is 6.17. The molecule has 0 bridgehead atoms. The number of halogens is 1. The van der Waals surface area contributed by atoms with Crippen LogP contribution in [0.15, 0.2) is 52.3 Å². The van der Waals surface area contributed by atoms with Gasteiger partial charge in [-0.2, -0.15) is 4.31 Å². The Kier molecular flexibility index (Phi) is 7.88. The molecule has 11 heteroatoms. The molecule has 1 fully saturated rings. The lowest BCUT2D eigenvalue weighted by Crippen LogP contribution is -2.50. The van der Waals surface area contributed by atoms with Crippen molar-refractivity contribution in [2.24, 2.45) is 0 Å². The maximum Gasteiger partial charge on any atom is 0.243 e. The summed E-state index contributed by atoms with van der Waals surface area (Å²) in [5.41, 5.74) is 1.55. The van der Waals surface area contributed by atoms with Gasteiger partial charge in [-0.05, 0) is 61.7 Å². The van der Waals surface area contributed by atoms with Crippen LogP contribution in [0.1, 0.15) is 24.0 Å². The fourth-order valence-electron chi connectivity index (χ4n) is 3.60. The van der Waals surface area contributed by atoms with E-state index in [-0.39, 0.29) is 54.8 Å². The first-order valence-electron chi connectivity index (χ1n) is 10.6. The van der Waals surface area contributed by atoms with Crippen LogP contribution in [0.4, 0.5) is 4.39 Å². The number of piperazine rings is 1. The second-order valence-electron chi connectivity index (χ2n) is 8.01. The molecule has 8 nitrogen and oxygen atoms in total. The molecule has 0 aromatic heterocycles. The van der Waals surface area contributed by atoms with Crippen molar-refractivity contribution in [2.45, 2.75) is 36.5 Å². The van der Waals surface area contributed by atoms with Crippen molar-refractivity contribution >= 4 is 26.0 Å². The maximum atomic E-state index is 13.0. The first kappa shape index (κ1) is 25.3. The Morgan fingerprint density at radius 3 is 2.24 bits per heavy atom. The van der Waals surface area contributed by atoms with Gasteiger partial charge in [-0.15, -0.1) is 0 Å². The number of benzene rings is 2. The number of sulfonamides is 2. The number of hydrogen-bond acceptors (Lipinski definition) is 5. The quantitative estimate of drug-likeness (QED) is 0.562. The molecular weight excluding hydrogens is 469 g/mol. The Morgan fingerprint density at radius 1 is 0.970 bits per heavy atom. The molecule has 1 aliphatic heterocycles. The second-order valence-corrected chi connectivity index (χ2v) is 11.7. The lowest BCUT2D eigenvalue weighted by molar-refractivity contribution is -0.132. The smallest absolute Gasteiger partial charge is 0.243 e. The van der Waals surface area contributed by atoms with Crippen LogP contribution < -0.4 is 4.72 Å². The van der Waals surface area contributed by atoms with Gasteiger partial charge in [0.2, 0.25) is 26.0 Å². The Labute approximate surface area is 194 Å². The van der Waals surface area contributed by atoms with Crippen molar-refractivity contribution in [3.05, 3.63) is 59.4 Å². The highest BCUT2D eigenvalue weighted by Gasteiger charge is 2.31. The Morgan fingerprint density at radius 2 is 1.61 bits per heavy atom. The molecule has 1 saturated heterocycles. The summed E-state index contributed by atoms with van der Waals surface area (Å²) in [5.74, 6) is -0.679. The number of hydrogen-bond donors (Lipinski definition) is 1. The van der Waals surface area contributed by atoms with E-state index in [0.29, 0.717) is 12.0 Å². The van der Waals surface area contributed by atoms with E-state index < -0.39 is 25.9 Å². The Balaban J connectivity index is 1.47. The molecule has 1 amide bonds. The van der Waals surface area contributed by atoms with Gasteiger partial charge in [0.15, 0.2) is 0 Å². The summed E-state index contributed by atoms with van der Waals surface area (Å²) in [6.45, 7) is 4.64. The molecule has 2 aromatic rings. The number of rotatable bonds is 8. The molecule has 2 aromatic carbocycles. The molecule has 0 unspecified atom stereocenters. The van der Waals surface area contributed by atoms with Gasteiger partial charge in [0, 0.05) is 39.1 Å². The molecule has 1 aliphatic rings. The molecule has 1 N–H and O–H groups in total. The van der Waals surface area contributed by atoms with Crippen molar-refractivity contribution in [1.82, 2.24) is 13.9 Å². The summed E-state index contributed by atoms with van der Waals surface area (Å²) in [6.07, 6.45) is 0.427. The van der Waals surface area contributed by atoms with Gasteiger partial charge in [-0.1, -0.05) is 12.1 Å². The molecule has 0 atom stereocenters. The minimum absolute atomic E-state index is 0.0450. The van der Waals surface area contributed by atoms with Crippen LogP contribution >= 0.6 is 0 Å². The molecule has 33 heavy (non-hydrogen) atoms. The van der Waals surface area contributed by atoms with Gasteiger partial charge in [-0.25, -0.2) is 25.9 Å². The lowest BCUT2D eigenvalue weighted by atomic mass is 10.2. The summed E-state index contributed by atoms with van der Waals surface area (Å²) in [7, 11) is -7.41. The summed E-state index contributed by atoms with van der Waals surface area (Å²) >= 11 is 0.